The van der Waals surface area contributed by atoms with Crippen molar-refractivity contribution in [2.45, 2.75) is 13.3 Å². The summed E-state index contributed by atoms with van der Waals surface area (Å²) in [5, 5.41) is 14.0. The summed E-state index contributed by atoms with van der Waals surface area (Å²) >= 11 is 5.74. The first-order chi connectivity index (χ1) is 14.3. The van der Waals surface area contributed by atoms with Gasteiger partial charge in [0.15, 0.2) is 0 Å². The van der Waals surface area contributed by atoms with Crippen molar-refractivity contribution >= 4 is 40.7 Å². The normalized spacial score (nSPS) is 9.83. The second-order valence-corrected chi connectivity index (χ2v) is 6.34. The number of halogens is 1. The molecule has 0 amide bonds. The van der Waals surface area contributed by atoms with E-state index in [1.54, 1.807) is 30.3 Å². The van der Waals surface area contributed by atoms with E-state index in [4.69, 9.17) is 17.3 Å². The van der Waals surface area contributed by atoms with Gasteiger partial charge in [0.1, 0.15) is 6.20 Å². The molecule has 0 fully saturated rings. The lowest BCUT2D eigenvalue weighted by molar-refractivity contribution is -0.384. The van der Waals surface area contributed by atoms with Crippen LogP contribution in [0.4, 0.5) is 23.1 Å². The van der Waals surface area contributed by atoms with Gasteiger partial charge >= 0.3 is 11.7 Å². The second kappa shape index (κ2) is 10.7. The van der Waals surface area contributed by atoms with Crippen LogP contribution in [0.5, 0.6) is 0 Å². The lowest BCUT2D eigenvalue weighted by atomic mass is 10.1. The van der Waals surface area contributed by atoms with Crippen LogP contribution in [-0.4, -0.2) is 28.0 Å². The quantitative estimate of drug-likeness (QED) is 0.346. The third kappa shape index (κ3) is 6.42. The molecule has 156 valence electrons. The number of hydrogen-bond donors (Lipinski definition) is 2. The van der Waals surface area contributed by atoms with Gasteiger partial charge < -0.3 is 15.8 Å². The van der Waals surface area contributed by atoms with Crippen LogP contribution in [0.15, 0.2) is 54.7 Å². The van der Waals surface area contributed by atoms with E-state index in [1.165, 1.54) is 7.11 Å². The minimum absolute atomic E-state index is 0.181. The Labute approximate surface area is 178 Å². The fourth-order valence-electron chi connectivity index (χ4n) is 2.29. The highest BCUT2D eigenvalue weighted by molar-refractivity contribution is 6.30. The highest BCUT2D eigenvalue weighted by Gasteiger charge is 2.14. The van der Waals surface area contributed by atoms with Crippen molar-refractivity contribution in [3.8, 4) is 0 Å². The monoisotopic (exact) mass is 429 g/mol. The molecule has 0 saturated carbocycles. The maximum atomic E-state index is 11.1. The molecule has 3 rings (SSSR count). The molecule has 0 atom stereocenters. The van der Waals surface area contributed by atoms with E-state index in [0.717, 1.165) is 18.2 Å². The maximum absolute atomic E-state index is 11.1. The van der Waals surface area contributed by atoms with Crippen molar-refractivity contribution in [2.75, 3.05) is 18.2 Å². The van der Waals surface area contributed by atoms with E-state index < -0.39 is 4.92 Å². The molecule has 0 aliphatic rings. The van der Waals surface area contributed by atoms with Gasteiger partial charge in [0.2, 0.25) is 11.8 Å². The number of hydrogen-bond acceptors (Lipinski definition) is 8. The number of nitrogens with zero attached hydrogens (tertiary/aromatic N) is 3. The van der Waals surface area contributed by atoms with Crippen molar-refractivity contribution in [3.05, 3.63) is 81.0 Å². The number of methoxy groups -OCH3 is 1. The molecule has 1 heterocycles. The van der Waals surface area contributed by atoms with Crippen LogP contribution in [0.2, 0.25) is 5.02 Å². The number of rotatable bonds is 5. The van der Waals surface area contributed by atoms with Crippen LogP contribution in [0, 0.1) is 10.1 Å². The molecule has 0 aliphatic heterocycles. The second-order valence-electron chi connectivity index (χ2n) is 5.90. The minimum Gasteiger partial charge on any atom is -0.465 e. The first-order valence-electron chi connectivity index (χ1n) is 8.80. The maximum Gasteiger partial charge on any atom is 0.337 e. The number of aryl methyl sites for hydroxylation is 1. The van der Waals surface area contributed by atoms with Crippen molar-refractivity contribution in [1.82, 2.24) is 9.97 Å². The number of benzene rings is 2. The molecule has 2 aromatic carbocycles. The van der Waals surface area contributed by atoms with E-state index >= 15 is 0 Å². The number of aromatic nitrogens is 2. The highest BCUT2D eigenvalue weighted by atomic mass is 35.5. The number of nitro groups is 1. The molecule has 0 saturated heterocycles. The molecule has 0 aliphatic carbocycles. The molecule has 10 heteroatoms. The predicted octanol–water partition coefficient (Wildman–Crippen LogP) is 4.40. The van der Waals surface area contributed by atoms with Crippen LogP contribution < -0.4 is 11.1 Å². The topological polar surface area (TPSA) is 133 Å². The Bertz CT molecular complexity index is 1030. The van der Waals surface area contributed by atoms with Gasteiger partial charge in [-0.15, -0.1) is 0 Å². The summed E-state index contributed by atoms with van der Waals surface area (Å²) in [6, 6.07) is 14.3. The zero-order valence-corrected chi connectivity index (χ0v) is 17.1. The van der Waals surface area contributed by atoms with Gasteiger partial charge in [0, 0.05) is 10.7 Å². The summed E-state index contributed by atoms with van der Waals surface area (Å²) in [4.78, 5) is 28.6. The average Bonchev–Trinajstić information content (AvgIpc) is 2.75. The fraction of sp³-hybridized carbons (Fsp3) is 0.150. The number of carbonyl (C=O) groups is 1. The first kappa shape index (κ1) is 22.6. The Balaban J connectivity index is 0.000000232. The molecular formula is C20H20ClN5O4. The van der Waals surface area contributed by atoms with Gasteiger partial charge in [0.05, 0.1) is 17.6 Å². The Hall–Kier alpha value is -3.72. The average molecular weight is 430 g/mol. The van der Waals surface area contributed by atoms with Gasteiger partial charge in [-0.05, 0) is 48.4 Å². The van der Waals surface area contributed by atoms with E-state index in [1.807, 2.05) is 18.2 Å². The molecule has 1 aromatic heterocycles. The molecule has 9 nitrogen and oxygen atoms in total. The largest absolute Gasteiger partial charge is 0.465 e. The van der Waals surface area contributed by atoms with Crippen LogP contribution in [0.1, 0.15) is 22.8 Å². The van der Waals surface area contributed by atoms with Crippen LogP contribution in [0.25, 0.3) is 0 Å². The van der Waals surface area contributed by atoms with Crippen molar-refractivity contribution in [2.24, 2.45) is 0 Å². The molecule has 0 bridgehead atoms. The van der Waals surface area contributed by atoms with Gasteiger partial charge in [-0.2, -0.15) is 4.98 Å². The number of nitrogen functional groups attached to an aromatic ring is 1. The van der Waals surface area contributed by atoms with E-state index in [-0.39, 0.29) is 23.4 Å². The summed E-state index contributed by atoms with van der Waals surface area (Å²) in [5.41, 5.74) is 7.60. The van der Waals surface area contributed by atoms with Crippen molar-refractivity contribution in [1.29, 1.82) is 0 Å². The number of nitrogens with two attached hydrogens (primary N) is 1. The fourth-order valence-corrected chi connectivity index (χ4v) is 2.41. The minimum atomic E-state index is -0.637. The predicted molar refractivity (Wildman–Crippen MR) is 115 cm³/mol. The molecule has 3 N–H and O–H groups in total. The Morgan fingerprint density at radius 2 is 1.97 bits per heavy atom. The lowest BCUT2D eigenvalue weighted by Gasteiger charge is -2.05. The van der Waals surface area contributed by atoms with Gasteiger partial charge in [-0.1, -0.05) is 30.7 Å². The Morgan fingerprint density at radius 1 is 1.27 bits per heavy atom. The van der Waals surface area contributed by atoms with Crippen LogP contribution >= 0.6 is 11.6 Å². The van der Waals surface area contributed by atoms with Crippen molar-refractivity contribution in [3.63, 3.8) is 0 Å². The van der Waals surface area contributed by atoms with Crippen molar-refractivity contribution < 1.29 is 14.5 Å². The van der Waals surface area contributed by atoms with E-state index in [0.29, 0.717) is 16.3 Å². The highest BCUT2D eigenvalue weighted by Crippen LogP contribution is 2.21. The Morgan fingerprint density at radius 3 is 2.53 bits per heavy atom. The molecule has 3 aromatic rings. The first-order valence-corrected chi connectivity index (χ1v) is 9.18. The van der Waals surface area contributed by atoms with Gasteiger partial charge in [-0.3, -0.25) is 10.1 Å². The van der Waals surface area contributed by atoms with Crippen LogP contribution in [0.3, 0.4) is 0 Å². The zero-order chi connectivity index (χ0) is 22.1. The zero-order valence-electron chi connectivity index (χ0n) is 16.3. The van der Waals surface area contributed by atoms with E-state index in [9.17, 15) is 14.9 Å². The number of anilines is 3. The third-order valence-corrected chi connectivity index (χ3v) is 4.10. The number of nitrogens with one attached hydrogen (secondary N) is 1. The summed E-state index contributed by atoms with van der Waals surface area (Å²) in [7, 11) is 1.39. The SMILES string of the molecule is CCc1cccc(C(=O)OC)c1.Nc1nc(Nc2ccc(Cl)cc2)ncc1[N+](=O)[O-]. The van der Waals surface area contributed by atoms with Gasteiger partial charge in [-0.25, -0.2) is 9.78 Å². The molecule has 0 unspecified atom stereocenters. The molecule has 30 heavy (non-hydrogen) atoms. The molecule has 0 radical (unpaired) electrons. The van der Waals surface area contributed by atoms with Crippen LogP contribution in [-0.2, 0) is 11.2 Å². The summed E-state index contributed by atoms with van der Waals surface area (Å²) in [6.45, 7) is 2.05. The summed E-state index contributed by atoms with van der Waals surface area (Å²) in [5.74, 6) is -0.280. The standard InChI is InChI=1S/C10H8ClN5O2.C10H12O2/c11-6-1-3-7(4-2-6)14-10-13-5-8(16(17)18)9(12)15-10;1-3-8-5-4-6-9(7-8)10(11)12-2/h1-5H,(H3,12,13,14,15);4-7H,3H2,1-2H3. The smallest absolute Gasteiger partial charge is 0.337 e. The summed E-state index contributed by atoms with van der Waals surface area (Å²) < 4.78 is 4.60. The number of esters is 1. The lowest BCUT2D eigenvalue weighted by Crippen LogP contribution is -2.03. The Kier molecular flexibility index (Phi) is 8.07. The summed E-state index contributed by atoms with van der Waals surface area (Å²) in [6.07, 6.45) is 1.99. The number of carbonyl (C=O) groups excluding carboxylic acids is 1. The number of ether oxygens (including phenoxy) is 1. The van der Waals surface area contributed by atoms with E-state index in [2.05, 4.69) is 26.9 Å². The molecular weight excluding hydrogens is 410 g/mol. The van der Waals surface area contributed by atoms with Gasteiger partial charge in [0.25, 0.3) is 0 Å². The third-order valence-electron chi connectivity index (χ3n) is 3.85. The molecule has 0 spiro atoms.